The Morgan fingerprint density at radius 3 is 2.19 bits per heavy atom. The number of primary sulfonamides is 1. The van der Waals surface area contributed by atoms with Crippen LogP contribution in [0.15, 0.2) is 47.4 Å². The molecule has 0 spiro atoms. The van der Waals surface area contributed by atoms with Gasteiger partial charge in [-0.05, 0) is 42.8 Å². The van der Waals surface area contributed by atoms with Gasteiger partial charge in [0.25, 0.3) is 0 Å². The molecule has 2 aromatic carbocycles. The number of rotatable bonds is 4. The van der Waals surface area contributed by atoms with Gasteiger partial charge in [0.1, 0.15) is 0 Å². The predicted molar refractivity (Wildman–Crippen MR) is 86.3 cm³/mol. The van der Waals surface area contributed by atoms with Gasteiger partial charge in [-0.2, -0.15) is 0 Å². The Bertz CT molecular complexity index is 746. The van der Waals surface area contributed by atoms with Crippen LogP contribution in [0.3, 0.4) is 0 Å². The van der Waals surface area contributed by atoms with Crippen molar-refractivity contribution in [3.8, 4) is 0 Å². The summed E-state index contributed by atoms with van der Waals surface area (Å²) in [6.45, 7) is 1.95. The van der Waals surface area contributed by atoms with Gasteiger partial charge in [-0.15, -0.1) is 0 Å². The molecule has 0 heterocycles. The topological polar surface area (TPSA) is 72.2 Å². The molecular weight excluding hydrogens is 331 g/mol. The van der Waals surface area contributed by atoms with E-state index in [9.17, 15) is 8.42 Å². The summed E-state index contributed by atoms with van der Waals surface area (Å²) >= 11 is 11.8. The smallest absolute Gasteiger partial charge is 0.238 e. The number of anilines is 1. The van der Waals surface area contributed by atoms with Crippen LogP contribution >= 0.6 is 23.2 Å². The SMILES string of the molecule is CC(Nc1ccc(Cl)c(Cl)c1)c1ccc(S(N)(=O)=O)cc1. The van der Waals surface area contributed by atoms with Gasteiger partial charge in [-0.3, -0.25) is 0 Å². The van der Waals surface area contributed by atoms with E-state index >= 15 is 0 Å². The third-order valence-corrected chi connectivity index (χ3v) is 4.68. The van der Waals surface area contributed by atoms with E-state index in [1.54, 1.807) is 24.3 Å². The van der Waals surface area contributed by atoms with E-state index in [-0.39, 0.29) is 10.9 Å². The van der Waals surface area contributed by atoms with Gasteiger partial charge in [0, 0.05) is 11.7 Å². The van der Waals surface area contributed by atoms with Crippen LogP contribution in [-0.4, -0.2) is 8.42 Å². The van der Waals surface area contributed by atoms with Crippen molar-refractivity contribution in [1.82, 2.24) is 0 Å². The Balaban J connectivity index is 2.16. The second-order valence-corrected chi connectivity index (χ2v) is 6.98. The number of benzene rings is 2. The monoisotopic (exact) mass is 344 g/mol. The van der Waals surface area contributed by atoms with Crippen molar-refractivity contribution in [1.29, 1.82) is 0 Å². The summed E-state index contributed by atoms with van der Waals surface area (Å²) in [6, 6.07) is 11.6. The molecule has 2 rings (SSSR count). The van der Waals surface area contributed by atoms with Crippen LogP contribution in [0.25, 0.3) is 0 Å². The first-order valence-electron chi connectivity index (χ1n) is 6.12. The van der Waals surface area contributed by atoms with Gasteiger partial charge < -0.3 is 5.32 Å². The Kier molecular flexibility index (Phi) is 4.78. The van der Waals surface area contributed by atoms with Gasteiger partial charge in [0.2, 0.25) is 10.0 Å². The minimum atomic E-state index is -3.67. The lowest BCUT2D eigenvalue weighted by Crippen LogP contribution is -2.12. The molecule has 1 unspecified atom stereocenters. The van der Waals surface area contributed by atoms with Gasteiger partial charge >= 0.3 is 0 Å². The first-order valence-corrected chi connectivity index (χ1v) is 8.42. The standard InChI is InChI=1S/C14H14Cl2N2O2S/c1-9(18-11-4-7-13(15)14(16)8-11)10-2-5-12(6-3-10)21(17,19)20/h2-9,18H,1H3,(H2,17,19,20). The van der Waals surface area contributed by atoms with E-state index in [1.165, 1.54) is 12.1 Å². The third kappa shape index (κ3) is 4.11. The molecule has 1 atom stereocenters. The maximum Gasteiger partial charge on any atom is 0.238 e. The second-order valence-electron chi connectivity index (χ2n) is 4.61. The summed E-state index contributed by atoms with van der Waals surface area (Å²) in [4.78, 5) is 0.0907. The molecule has 4 nitrogen and oxygen atoms in total. The van der Waals surface area contributed by atoms with E-state index in [0.29, 0.717) is 10.0 Å². The van der Waals surface area contributed by atoms with Crippen molar-refractivity contribution in [2.24, 2.45) is 5.14 Å². The molecule has 0 bridgehead atoms. The zero-order chi connectivity index (χ0) is 15.6. The predicted octanol–water partition coefficient (Wildman–Crippen LogP) is 3.81. The van der Waals surface area contributed by atoms with E-state index in [1.807, 2.05) is 13.0 Å². The van der Waals surface area contributed by atoms with E-state index < -0.39 is 10.0 Å². The molecule has 0 saturated heterocycles. The molecule has 3 N–H and O–H groups in total. The number of hydrogen-bond donors (Lipinski definition) is 2. The number of halogens is 2. The quantitative estimate of drug-likeness (QED) is 0.885. The van der Waals surface area contributed by atoms with Crippen molar-refractivity contribution in [2.45, 2.75) is 17.9 Å². The normalized spacial score (nSPS) is 13.0. The molecule has 0 radical (unpaired) electrons. The van der Waals surface area contributed by atoms with Gasteiger partial charge in [-0.25, -0.2) is 13.6 Å². The van der Waals surface area contributed by atoms with Crippen LogP contribution in [0.4, 0.5) is 5.69 Å². The average molecular weight is 345 g/mol. The molecule has 0 saturated carbocycles. The van der Waals surface area contributed by atoms with E-state index in [0.717, 1.165) is 11.3 Å². The lowest BCUT2D eigenvalue weighted by Gasteiger charge is -2.16. The second kappa shape index (κ2) is 6.23. The molecular formula is C14H14Cl2N2O2S. The van der Waals surface area contributed by atoms with Crippen molar-refractivity contribution in [3.05, 3.63) is 58.1 Å². The van der Waals surface area contributed by atoms with Crippen LogP contribution in [-0.2, 0) is 10.0 Å². The number of hydrogen-bond acceptors (Lipinski definition) is 3. The molecule has 112 valence electrons. The summed E-state index contributed by atoms with van der Waals surface area (Å²) in [5.74, 6) is 0. The summed E-state index contributed by atoms with van der Waals surface area (Å²) in [5.41, 5.74) is 1.75. The van der Waals surface area contributed by atoms with Gasteiger partial charge in [0.15, 0.2) is 0 Å². The molecule has 0 aliphatic carbocycles. The van der Waals surface area contributed by atoms with Gasteiger partial charge in [-0.1, -0.05) is 35.3 Å². The fraction of sp³-hybridized carbons (Fsp3) is 0.143. The minimum Gasteiger partial charge on any atom is -0.378 e. The van der Waals surface area contributed by atoms with Crippen molar-refractivity contribution in [2.75, 3.05) is 5.32 Å². The first kappa shape index (κ1) is 16.1. The summed E-state index contributed by atoms with van der Waals surface area (Å²) in [6.07, 6.45) is 0. The highest BCUT2D eigenvalue weighted by Gasteiger charge is 2.10. The van der Waals surface area contributed by atoms with E-state index in [2.05, 4.69) is 5.32 Å². The molecule has 0 amide bonds. The molecule has 0 aliphatic rings. The van der Waals surface area contributed by atoms with Crippen LogP contribution in [0.5, 0.6) is 0 Å². The third-order valence-electron chi connectivity index (χ3n) is 3.01. The highest BCUT2D eigenvalue weighted by Crippen LogP contribution is 2.27. The summed E-state index contributed by atoms with van der Waals surface area (Å²) in [7, 11) is -3.67. The maximum absolute atomic E-state index is 11.2. The molecule has 2 aromatic rings. The molecule has 0 aliphatic heterocycles. The number of sulfonamides is 1. The van der Waals surface area contributed by atoms with Crippen LogP contribution in [0.2, 0.25) is 10.0 Å². The summed E-state index contributed by atoms with van der Waals surface area (Å²) in [5, 5.41) is 9.29. The lowest BCUT2D eigenvalue weighted by atomic mass is 10.1. The largest absolute Gasteiger partial charge is 0.378 e. The maximum atomic E-state index is 11.2. The fourth-order valence-electron chi connectivity index (χ4n) is 1.87. The zero-order valence-corrected chi connectivity index (χ0v) is 13.5. The molecule has 7 heteroatoms. The number of nitrogens with two attached hydrogens (primary N) is 1. The highest BCUT2D eigenvalue weighted by atomic mass is 35.5. The first-order chi connectivity index (χ1) is 9.77. The van der Waals surface area contributed by atoms with Crippen LogP contribution in [0, 0.1) is 0 Å². The van der Waals surface area contributed by atoms with E-state index in [4.69, 9.17) is 28.3 Å². The van der Waals surface area contributed by atoms with Gasteiger partial charge in [0.05, 0.1) is 14.9 Å². The Morgan fingerprint density at radius 1 is 1.05 bits per heavy atom. The van der Waals surface area contributed by atoms with Crippen molar-refractivity contribution >= 4 is 38.9 Å². The molecule has 21 heavy (non-hydrogen) atoms. The van der Waals surface area contributed by atoms with Crippen LogP contribution in [0.1, 0.15) is 18.5 Å². The summed E-state index contributed by atoms with van der Waals surface area (Å²) < 4.78 is 22.4. The molecule has 0 fully saturated rings. The molecule has 0 aromatic heterocycles. The average Bonchev–Trinajstić information content (AvgIpc) is 2.42. The van der Waals surface area contributed by atoms with Crippen molar-refractivity contribution in [3.63, 3.8) is 0 Å². The highest BCUT2D eigenvalue weighted by molar-refractivity contribution is 7.89. The minimum absolute atomic E-state index is 0.0308. The number of nitrogens with one attached hydrogen (secondary N) is 1. The fourth-order valence-corrected chi connectivity index (χ4v) is 2.68. The zero-order valence-electron chi connectivity index (χ0n) is 11.2. The Labute approximate surface area is 133 Å². The Morgan fingerprint density at radius 2 is 1.67 bits per heavy atom. The van der Waals surface area contributed by atoms with Crippen LogP contribution < -0.4 is 10.5 Å². The lowest BCUT2D eigenvalue weighted by molar-refractivity contribution is 0.597. The Hall–Kier alpha value is -1.27. The van der Waals surface area contributed by atoms with Crippen molar-refractivity contribution < 1.29 is 8.42 Å².